The zero-order chi connectivity index (χ0) is 29.1. The van der Waals surface area contributed by atoms with Crippen molar-refractivity contribution in [1.29, 1.82) is 0 Å². The van der Waals surface area contributed by atoms with Crippen LogP contribution in [0.15, 0.2) is 48.7 Å². The Morgan fingerprint density at radius 2 is 1.85 bits per heavy atom. The van der Waals surface area contributed by atoms with Gasteiger partial charge in [-0.3, -0.25) is 9.59 Å². The van der Waals surface area contributed by atoms with Crippen LogP contribution < -0.4 is 34.5 Å². The van der Waals surface area contributed by atoms with Gasteiger partial charge in [0.1, 0.15) is 34.8 Å². The maximum absolute atomic E-state index is 13.4. The molecular formula is C27H26F3N5O6. The molecule has 0 unspecified atom stereocenters. The second-order valence-electron chi connectivity index (χ2n) is 9.32. The first-order valence-corrected chi connectivity index (χ1v) is 12.5. The number of rotatable bonds is 3. The highest BCUT2D eigenvalue weighted by molar-refractivity contribution is 5.95. The molecular weight excluding hydrogens is 547 g/mol. The molecule has 0 spiro atoms. The van der Waals surface area contributed by atoms with E-state index in [-0.39, 0.29) is 43.5 Å². The molecule has 1 saturated heterocycles. The van der Waals surface area contributed by atoms with Crippen molar-refractivity contribution in [1.82, 2.24) is 20.6 Å². The van der Waals surface area contributed by atoms with Crippen LogP contribution in [0.25, 0.3) is 0 Å². The van der Waals surface area contributed by atoms with E-state index in [1.165, 1.54) is 37.3 Å². The minimum absolute atomic E-state index is 0.0681. The van der Waals surface area contributed by atoms with Gasteiger partial charge in [0.2, 0.25) is 5.95 Å². The monoisotopic (exact) mass is 573 g/mol. The number of anilines is 1. The third-order valence-corrected chi connectivity index (χ3v) is 6.57. The van der Waals surface area contributed by atoms with Gasteiger partial charge in [0, 0.05) is 42.5 Å². The number of ether oxygens (including phenoxy) is 4. The normalized spacial score (nSPS) is 19.3. The summed E-state index contributed by atoms with van der Waals surface area (Å²) in [6, 6.07) is 9.63. The Balaban J connectivity index is 1.50. The predicted molar refractivity (Wildman–Crippen MR) is 138 cm³/mol. The lowest BCUT2D eigenvalue weighted by Gasteiger charge is -2.22. The van der Waals surface area contributed by atoms with Crippen molar-refractivity contribution >= 4 is 17.8 Å². The maximum Gasteiger partial charge on any atom is 0.433 e. The van der Waals surface area contributed by atoms with Gasteiger partial charge in [-0.2, -0.15) is 13.2 Å². The summed E-state index contributed by atoms with van der Waals surface area (Å²) in [5, 5.41) is 5.65. The van der Waals surface area contributed by atoms with Crippen LogP contribution in [-0.2, 0) is 17.5 Å². The molecule has 41 heavy (non-hydrogen) atoms. The molecule has 2 aromatic carbocycles. The fraction of sp³-hybridized carbons (Fsp3) is 0.333. The van der Waals surface area contributed by atoms with Gasteiger partial charge in [-0.15, -0.1) is 0 Å². The van der Waals surface area contributed by atoms with Crippen LogP contribution >= 0.6 is 0 Å². The molecule has 6 rings (SSSR count). The predicted octanol–water partition coefficient (Wildman–Crippen LogP) is 2.59. The SMILES string of the molecule is COc1cc2cc(c1)C(=O)N[C@H]1CN(c3nccc(C(F)(F)F)n3)C[C@@H]1Oc1ccc(c(OC)c1)CNC(=O)CO2. The Morgan fingerprint density at radius 3 is 2.61 bits per heavy atom. The molecule has 0 aliphatic carbocycles. The van der Waals surface area contributed by atoms with E-state index in [0.717, 1.165) is 12.3 Å². The van der Waals surface area contributed by atoms with E-state index in [2.05, 4.69) is 20.6 Å². The Hall–Kier alpha value is -4.75. The van der Waals surface area contributed by atoms with Crippen LogP contribution in [0, 0.1) is 0 Å². The molecule has 0 saturated carbocycles. The van der Waals surface area contributed by atoms with Crippen molar-refractivity contribution in [2.45, 2.75) is 24.9 Å². The number of hydrogen-bond donors (Lipinski definition) is 2. The zero-order valence-electron chi connectivity index (χ0n) is 22.0. The molecule has 3 aliphatic rings. The standard InChI is InChI=1S/C27H26F3N5O6/c1-38-18-7-16-8-19(9-18)40-14-24(36)32-11-15-3-4-17(10-21(15)39-2)41-22-13-35(12-20(22)33-25(16)37)26-31-6-5-23(34-26)27(28,29)30/h3-10,20,22H,11-14H2,1-2H3,(H,32,36)(H,33,37)/t20-,22-/m0/s1. The summed E-state index contributed by atoms with van der Waals surface area (Å²) in [7, 11) is 2.90. The number of nitrogens with one attached hydrogen (secondary N) is 2. The Labute approximate surface area is 232 Å². The van der Waals surface area contributed by atoms with Crippen LogP contribution in [0.1, 0.15) is 21.6 Å². The van der Waals surface area contributed by atoms with Crippen molar-refractivity contribution in [2.75, 3.05) is 38.8 Å². The summed E-state index contributed by atoms with van der Waals surface area (Å²) in [5.41, 5.74) is -0.219. The van der Waals surface area contributed by atoms with E-state index in [1.807, 2.05) is 0 Å². The number of nitrogens with zero attached hydrogens (tertiary/aromatic N) is 3. The van der Waals surface area contributed by atoms with E-state index in [1.54, 1.807) is 18.2 Å². The second kappa shape index (κ2) is 11.4. The molecule has 14 heteroatoms. The molecule has 2 atom stereocenters. The van der Waals surface area contributed by atoms with Crippen molar-refractivity contribution in [3.8, 4) is 23.0 Å². The summed E-state index contributed by atoms with van der Waals surface area (Å²) in [5.74, 6) is 0.344. The van der Waals surface area contributed by atoms with Gasteiger partial charge in [0.05, 0.1) is 26.8 Å². The molecule has 2 amide bonds. The quantitative estimate of drug-likeness (QED) is 0.487. The van der Waals surface area contributed by atoms with Gasteiger partial charge in [0.25, 0.3) is 11.8 Å². The van der Waals surface area contributed by atoms with Gasteiger partial charge in [-0.1, -0.05) is 0 Å². The summed E-state index contributed by atoms with van der Waals surface area (Å²) >= 11 is 0. The number of alkyl halides is 3. The highest BCUT2D eigenvalue weighted by Crippen LogP contribution is 2.31. The zero-order valence-corrected chi connectivity index (χ0v) is 22.0. The highest BCUT2D eigenvalue weighted by Gasteiger charge is 2.39. The average molecular weight is 574 g/mol. The van der Waals surface area contributed by atoms with E-state index >= 15 is 0 Å². The number of aromatic nitrogens is 2. The number of amides is 2. The minimum atomic E-state index is -4.65. The number of hydrogen-bond acceptors (Lipinski definition) is 9. The molecule has 3 aliphatic heterocycles. The molecule has 1 fully saturated rings. The average Bonchev–Trinajstić information content (AvgIpc) is 3.36. The van der Waals surface area contributed by atoms with Crippen LogP contribution in [0.5, 0.6) is 23.0 Å². The van der Waals surface area contributed by atoms with E-state index in [0.29, 0.717) is 22.8 Å². The number of carbonyl (C=O) groups is 2. The van der Waals surface area contributed by atoms with Crippen LogP contribution in [0.3, 0.4) is 0 Å². The fourth-order valence-electron chi connectivity index (χ4n) is 4.52. The topological polar surface area (TPSA) is 124 Å². The molecule has 4 heterocycles. The largest absolute Gasteiger partial charge is 0.497 e. The molecule has 2 N–H and O–H groups in total. The second-order valence-corrected chi connectivity index (χ2v) is 9.32. The Bertz CT molecular complexity index is 1450. The molecule has 216 valence electrons. The third kappa shape index (κ3) is 6.36. The van der Waals surface area contributed by atoms with Gasteiger partial charge in [-0.25, -0.2) is 9.97 Å². The summed E-state index contributed by atoms with van der Waals surface area (Å²) in [4.78, 5) is 35.0. The Morgan fingerprint density at radius 1 is 1.02 bits per heavy atom. The lowest BCUT2D eigenvalue weighted by molar-refractivity contribution is -0.141. The van der Waals surface area contributed by atoms with Crippen LogP contribution in [-0.4, -0.2) is 67.8 Å². The summed E-state index contributed by atoms with van der Waals surface area (Å²) in [6.45, 7) is -0.00626. The molecule has 4 bridgehead atoms. The van der Waals surface area contributed by atoms with Crippen molar-refractivity contribution < 1.29 is 41.7 Å². The first-order valence-electron chi connectivity index (χ1n) is 12.5. The van der Waals surface area contributed by atoms with Gasteiger partial charge in [0.15, 0.2) is 6.61 Å². The number of fused-ring (bicyclic) bond motifs is 7. The Kier molecular flexibility index (Phi) is 7.72. The number of benzene rings is 2. The molecule has 0 radical (unpaired) electrons. The van der Waals surface area contributed by atoms with Crippen LogP contribution in [0.2, 0.25) is 0 Å². The number of methoxy groups -OCH3 is 2. The molecule has 1 aromatic heterocycles. The highest BCUT2D eigenvalue weighted by atomic mass is 19.4. The van der Waals surface area contributed by atoms with Crippen molar-refractivity contribution in [3.63, 3.8) is 0 Å². The fourth-order valence-corrected chi connectivity index (χ4v) is 4.52. The third-order valence-electron chi connectivity index (χ3n) is 6.57. The van der Waals surface area contributed by atoms with E-state index < -0.39 is 35.8 Å². The van der Waals surface area contributed by atoms with Gasteiger partial charge >= 0.3 is 6.18 Å². The lowest BCUT2D eigenvalue weighted by Crippen LogP contribution is -2.45. The number of halogens is 3. The first kappa shape index (κ1) is 27.8. The van der Waals surface area contributed by atoms with E-state index in [4.69, 9.17) is 18.9 Å². The van der Waals surface area contributed by atoms with Gasteiger partial charge < -0.3 is 34.5 Å². The first-order chi connectivity index (χ1) is 19.6. The summed E-state index contributed by atoms with van der Waals surface area (Å²) < 4.78 is 62.6. The van der Waals surface area contributed by atoms with E-state index in [9.17, 15) is 22.8 Å². The maximum atomic E-state index is 13.4. The molecule has 3 aromatic rings. The van der Waals surface area contributed by atoms with Crippen LogP contribution in [0.4, 0.5) is 19.1 Å². The van der Waals surface area contributed by atoms with Crippen molar-refractivity contribution in [3.05, 3.63) is 65.5 Å². The molecule has 11 nitrogen and oxygen atoms in total. The minimum Gasteiger partial charge on any atom is -0.497 e. The smallest absolute Gasteiger partial charge is 0.433 e. The van der Waals surface area contributed by atoms with Crippen molar-refractivity contribution in [2.24, 2.45) is 0 Å². The lowest BCUT2D eigenvalue weighted by atomic mass is 10.1. The van der Waals surface area contributed by atoms with Gasteiger partial charge in [-0.05, 0) is 30.3 Å². The summed E-state index contributed by atoms with van der Waals surface area (Å²) in [6.07, 6.45) is -4.31. The number of carbonyl (C=O) groups excluding carboxylic acids is 2.